The first kappa shape index (κ1) is 17.5. The van der Waals surface area contributed by atoms with Crippen LogP contribution in [0.1, 0.15) is 49.1 Å². The van der Waals surface area contributed by atoms with E-state index in [2.05, 4.69) is 10.1 Å². The first-order valence-corrected chi connectivity index (χ1v) is 8.72. The topological polar surface area (TPSA) is 77.0 Å². The zero-order chi connectivity index (χ0) is 18.0. The minimum atomic E-state index is -0.392. The fraction of sp³-hybridized carbons (Fsp3) is 0.500. The van der Waals surface area contributed by atoms with Gasteiger partial charge in [-0.15, -0.1) is 5.10 Å². The second kappa shape index (κ2) is 7.31. The summed E-state index contributed by atoms with van der Waals surface area (Å²) in [6.45, 7) is 5.86. The highest BCUT2D eigenvalue weighted by Gasteiger charge is 2.27. The summed E-state index contributed by atoms with van der Waals surface area (Å²) in [5.74, 6) is 0.587. The van der Waals surface area contributed by atoms with Gasteiger partial charge in [0.1, 0.15) is 17.3 Å². The van der Waals surface area contributed by atoms with Crippen LogP contribution in [0, 0.1) is 11.7 Å². The maximum atomic E-state index is 14.2. The van der Waals surface area contributed by atoms with Crippen LogP contribution in [0.2, 0.25) is 0 Å². The smallest absolute Gasteiger partial charge is 0.293 e. The normalized spacial score (nSPS) is 15.8. The van der Waals surface area contributed by atoms with Gasteiger partial charge in [0.15, 0.2) is 0 Å². The third kappa shape index (κ3) is 3.56. The van der Waals surface area contributed by atoms with E-state index in [4.69, 9.17) is 5.73 Å². The number of nitrogens with two attached hydrogens (primary N) is 1. The average molecular weight is 345 g/mol. The molecular weight excluding hydrogens is 321 g/mol. The number of para-hydroxylation sites is 1. The molecule has 1 aliphatic heterocycles. The molecule has 2 aromatic rings. The number of carbonyl (C=O) groups excluding carboxylic acids is 1. The molecule has 0 atom stereocenters. The van der Waals surface area contributed by atoms with Gasteiger partial charge in [-0.1, -0.05) is 26.0 Å². The standard InChI is InChI=1S/C18H24FN5O/c1-12(2)17-21-16(18(25)23-9-7-13(11-20)8-10-23)22-24(17)15-6-4-3-5-14(15)19/h3-6,12-13H,7-11,20H2,1-2H3. The highest BCUT2D eigenvalue weighted by Crippen LogP contribution is 2.22. The summed E-state index contributed by atoms with van der Waals surface area (Å²) < 4.78 is 15.6. The summed E-state index contributed by atoms with van der Waals surface area (Å²) in [6.07, 6.45) is 1.79. The number of aromatic nitrogens is 3. The Hall–Kier alpha value is -2.28. The predicted molar refractivity (Wildman–Crippen MR) is 93.1 cm³/mol. The number of rotatable bonds is 4. The summed E-state index contributed by atoms with van der Waals surface area (Å²) in [6, 6.07) is 6.37. The molecule has 7 heteroatoms. The number of nitrogens with zero attached hydrogens (tertiary/aromatic N) is 4. The lowest BCUT2D eigenvalue weighted by Gasteiger charge is -2.30. The molecule has 1 amide bonds. The van der Waals surface area contributed by atoms with Gasteiger partial charge in [0.2, 0.25) is 5.82 Å². The zero-order valence-electron chi connectivity index (χ0n) is 14.7. The molecule has 25 heavy (non-hydrogen) atoms. The second-order valence-corrected chi connectivity index (χ2v) is 6.78. The molecule has 1 saturated heterocycles. The molecule has 134 valence electrons. The number of piperidine rings is 1. The Morgan fingerprint density at radius 1 is 1.32 bits per heavy atom. The Labute approximate surface area is 146 Å². The van der Waals surface area contributed by atoms with Gasteiger partial charge in [-0.25, -0.2) is 14.1 Å². The molecule has 0 spiro atoms. The minimum absolute atomic E-state index is 0.0108. The van der Waals surface area contributed by atoms with Crippen molar-refractivity contribution in [1.82, 2.24) is 19.7 Å². The van der Waals surface area contributed by atoms with Crippen molar-refractivity contribution in [2.75, 3.05) is 19.6 Å². The summed E-state index contributed by atoms with van der Waals surface area (Å²) in [5, 5.41) is 4.33. The Morgan fingerprint density at radius 3 is 2.60 bits per heavy atom. The molecule has 0 radical (unpaired) electrons. The number of amides is 1. The van der Waals surface area contributed by atoms with Crippen molar-refractivity contribution in [3.05, 3.63) is 41.7 Å². The number of halogens is 1. The predicted octanol–water partition coefficient (Wildman–Crippen LogP) is 2.34. The third-order valence-electron chi connectivity index (χ3n) is 4.66. The van der Waals surface area contributed by atoms with Crippen LogP contribution in [0.5, 0.6) is 0 Å². The SMILES string of the molecule is CC(C)c1nc(C(=O)N2CCC(CN)CC2)nn1-c1ccccc1F. The van der Waals surface area contributed by atoms with Gasteiger partial charge >= 0.3 is 0 Å². The van der Waals surface area contributed by atoms with Gasteiger partial charge in [-0.3, -0.25) is 4.79 Å². The zero-order valence-corrected chi connectivity index (χ0v) is 14.7. The fourth-order valence-corrected chi connectivity index (χ4v) is 3.10. The quantitative estimate of drug-likeness (QED) is 0.923. The first-order valence-electron chi connectivity index (χ1n) is 8.72. The molecule has 1 aromatic carbocycles. The Balaban J connectivity index is 1.89. The van der Waals surface area contributed by atoms with Crippen molar-refractivity contribution >= 4 is 5.91 Å². The highest BCUT2D eigenvalue weighted by atomic mass is 19.1. The van der Waals surface area contributed by atoms with E-state index in [-0.39, 0.29) is 17.6 Å². The van der Waals surface area contributed by atoms with Crippen LogP contribution in [0.4, 0.5) is 4.39 Å². The molecule has 0 aliphatic carbocycles. The molecule has 3 rings (SSSR count). The molecule has 2 N–H and O–H groups in total. The summed E-state index contributed by atoms with van der Waals surface area (Å²) >= 11 is 0. The van der Waals surface area contributed by atoms with Crippen LogP contribution < -0.4 is 5.73 Å². The molecule has 0 unspecified atom stereocenters. The molecular formula is C18H24FN5O. The van der Waals surface area contributed by atoms with Crippen molar-refractivity contribution < 1.29 is 9.18 Å². The van der Waals surface area contributed by atoms with Crippen LogP contribution in [0.15, 0.2) is 24.3 Å². The molecule has 6 nitrogen and oxygen atoms in total. The number of likely N-dealkylation sites (tertiary alicyclic amines) is 1. The first-order chi connectivity index (χ1) is 12.0. The van der Waals surface area contributed by atoms with Gasteiger partial charge in [0.25, 0.3) is 5.91 Å². The van der Waals surface area contributed by atoms with Crippen molar-refractivity contribution in [3.8, 4) is 5.69 Å². The number of benzene rings is 1. The van der Waals surface area contributed by atoms with Gasteiger partial charge < -0.3 is 10.6 Å². The van der Waals surface area contributed by atoms with E-state index in [0.29, 0.717) is 37.1 Å². The lowest BCUT2D eigenvalue weighted by Crippen LogP contribution is -2.40. The molecule has 1 aliphatic rings. The van der Waals surface area contributed by atoms with Crippen LogP contribution in [0.25, 0.3) is 5.69 Å². The molecule has 0 saturated carbocycles. The van der Waals surface area contributed by atoms with Crippen molar-refractivity contribution in [1.29, 1.82) is 0 Å². The van der Waals surface area contributed by atoms with Crippen LogP contribution >= 0.6 is 0 Å². The van der Waals surface area contributed by atoms with E-state index in [0.717, 1.165) is 12.8 Å². The lowest BCUT2D eigenvalue weighted by atomic mass is 9.97. The maximum Gasteiger partial charge on any atom is 0.293 e. The summed E-state index contributed by atoms with van der Waals surface area (Å²) in [5.41, 5.74) is 6.01. The highest BCUT2D eigenvalue weighted by molar-refractivity contribution is 5.90. The average Bonchev–Trinajstić information content (AvgIpc) is 3.07. The van der Waals surface area contributed by atoms with E-state index in [1.165, 1.54) is 10.7 Å². The number of hydrogen-bond donors (Lipinski definition) is 1. The molecule has 0 bridgehead atoms. The minimum Gasteiger partial charge on any atom is -0.336 e. The monoisotopic (exact) mass is 345 g/mol. The fourth-order valence-electron chi connectivity index (χ4n) is 3.10. The Morgan fingerprint density at radius 2 is 2.00 bits per heavy atom. The largest absolute Gasteiger partial charge is 0.336 e. The van der Waals surface area contributed by atoms with E-state index < -0.39 is 5.82 Å². The summed E-state index contributed by atoms with van der Waals surface area (Å²) in [4.78, 5) is 18.9. The van der Waals surface area contributed by atoms with E-state index in [1.807, 2.05) is 13.8 Å². The van der Waals surface area contributed by atoms with E-state index >= 15 is 0 Å². The number of hydrogen-bond acceptors (Lipinski definition) is 4. The van der Waals surface area contributed by atoms with Gasteiger partial charge in [-0.2, -0.15) is 0 Å². The Bertz CT molecular complexity index is 750. The second-order valence-electron chi connectivity index (χ2n) is 6.78. The van der Waals surface area contributed by atoms with Crippen LogP contribution in [-0.2, 0) is 0 Å². The molecule has 1 aromatic heterocycles. The van der Waals surface area contributed by atoms with Gasteiger partial charge in [-0.05, 0) is 37.4 Å². The van der Waals surface area contributed by atoms with Gasteiger partial charge in [0, 0.05) is 19.0 Å². The Kier molecular flexibility index (Phi) is 5.13. The van der Waals surface area contributed by atoms with E-state index in [1.54, 1.807) is 23.1 Å². The van der Waals surface area contributed by atoms with Crippen molar-refractivity contribution in [3.63, 3.8) is 0 Å². The maximum absolute atomic E-state index is 14.2. The van der Waals surface area contributed by atoms with Crippen molar-refractivity contribution in [2.24, 2.45) is 11.7 Å². The van der Waals surface area contributed by atoms with Gasteiger partial charge in [0.05, 0.1) is 0 Å². The van der Waals surface area contributed by atoms with Crippen LogP contribution in [0.3, 0.4) is 0 Å². The molecule has 1 fully saturated rings. The number of carbonyl (C=O) groups is 1. The lowest BCUT2D eigenvalue weighted by molar-refractivity contribution is 0.0681. The van der Waals surface area contributed by atoms with E-state index in [9.17, 15) is 9.18 Å². The molecule has 2 heterocycles. The summed E-state index contributed by atoms with van der Waals surface area (Å²) in [7, 11) is 0. The van der Waals surface area contributed by atoms with Crippen molar-refractivity contribution in [2.45, 2.75) is 32.6 Å². The third-order valence-corrected chi connectivity index (χ3v) is 4.66. The van der Waals surface area contributed by atoms with Crippen LogP contribution in [-0.4, -0.2) is 45.2 Å².